The van der Waals surface area contributed by atoms with Gasteiger partial charge in [0.2, 0.25) is 10.0 Å². The molecule has 1 N–H and O–H groups in total. The molecule has 0 aliphatic carbocycles. The van der Waals surface area contributed by atoms with Crippen LogP contribution in [-0.2, 0) is 26.0 Å². The van der Waals surface area contributed by atoms with Crippen LogP contribution in [-0.4, -0.2) is 47.2 Å². The summed E-state index contributed by atoms with van der Waals surface area (Å²) in [6.07, 6.45) is 0.795. The lowest BCUT2D eigenvalue weighted by Crippen LogP contribution is -2.39. The van der Waals surface area contributed by atoms with Gasteiger partial charge in [0.1, 0.15) is 5.75 Å². The molecule has 0 radical (unpaired) electrons. The summed E-state index contributed by atoms with van der Waals surface area (Å²) < 4.78 is 38.2. The first-order valence-electron chi connectivity index (χ1n) is 9.14. The zero-order valence-corrected chi connectivity index (χ0v) is 18.6. The van der Waals surface area contributed by atoms with Crippen molar-refractivity contribution in [3.8, 4) is 5.75 Å². The van der Waals surface area contributed by atoms with Crippen molar-refractivity contribution >= 4 is 37.5 Å². The zero-order valence-electron chi connectivity index (χ0n) is 16.2. The highest BCUT2D eigenvalue weighted by Gasteiger charge is 2.31. The standard InChI is InChI=1S/C20H23BrN2O5S/c1-14-11-15-12-16(21)3-8-19(15)23(14)20(24)13-28-17-4-6-18(7-5-17)29(25,26)22-9-10-27-2/h3-8,12,14,22H,9-11,13H2,1-2H3/t14-/m1/s1. The van der Waals surface area contributed by atoms with Crippen molar-refractivity contribution in [2.45, 2.75) is 24.3 Å². The number of hydrogen-bond donors (Lipinski definition) is 1. The van der Waals surface area contributed by atoms with E-state index in [1.54, 1.807) is 4.90 Å². The normalized spacial score (nSPS) is 16.0. The van der Waals surface area contributed by atoms with Crippen molar-refractivity contribution in [2.75, 3.05) is 31.8 Å². The molecule has 2 aromatic carbocycles. The number of ether oxygens (including phenoxy) is 2. The van der Waals surface area contributed by atoms with Gasteiger partial charge < -0.3 is 14.4 Å². The van der Waals surface area contributed by atoms with Gasteiger partial charge in [0.05, 0.1) is 11.5 Å². The summed E-state index contributed by atoms with van der Waals surface area (Å²) >= 11 is 3.46. The number of rotatable bonds is 8. The number of hydrogen-bond acceptors (Lipinski definition) is 5. The molecule has 1 heterocycles. The molecule has 2 aromatic rings. The van der Waals surface area contributed by atoms with Crippen molar-refractivity contribution in [2.24, 2.45) is 0 Å². The number of amides is 1. The first-order valence-corrected chi connectivity index (χ1v) is 11.4. The molecular formula is C20H23BrN2O5S. The molecule has 7 nitrogen and oxygen atoms in total. The maximum Gasteiger partial charge on any atom is 0.265 e. The fraction of sp³-hybridized carbons (Fsp3) is 0.350. The van der Waals surface area contributed by atoms with Crippen LogP contribution < -0.4 is 14.4 Å². The van der Waals surface area contributed by atoms with Crippen molar-refractivity contribution in [3.05, 3.63) is 52.5 Å². The maximum absolute atomic E-state index is 12.7. The Balaban J connectivity index is 1.61. The average molecular weight is 483 g/mol. The van der Waals surface area contributed by atoms with Crippen LogP contribution in [0.25, 0.3) is 0 Å². The summed E-state index contributed by atoms with van der Waals surface area (Å²) in [5.41, 5.74) is 2.02. The highest BCUT2D eigenvalue weighted by atomic mass is 79.9. The molecule has 9 heteroatoms. The number of nitrogens with zero attached hydrogens (tertiary/aromatic N) is 1. The monoisotopic (exact) mass is 482 g/mol. The predicted octanol–water partition coefficient (Wildman–Crippen LogP) is 2.73. The van der Waals surface area contributed by atoms with Crippen molar-refractivity contribution in [3.63, 3.8) is 0 Å². The van der Waals surface area contributed by atoms with Gasteiger partial charge in [0.15, 0.2) is 6.61 Å². The first kappa shape index (κ1) is 21.8. The van der Waals surface area contributed by atoms with Crippen LogP contribution in [0.3, 0.4) is 0 Å². The van der Waals surface area contributed by atoms with E-state index in [2.05, 4.69) is 20.7 Å². The van der Waals surface area contributed by atoms with Gasteiger partial charge in [-0.25, -0.2) is 13.1 Å². The zero-order chi connectivity index (χ0) is 21.0. The van der Waals surface area contributed by atoms with E-state index in [0.29, 0.717) is 5.75 Å². The molecule has 1 aliphatic heterocycles. The van der Waals surface area contributed by atoms with Gasteiger partial charge in [0, 0.05) is 29.9 Å². The molecule has 0 saturated carbocycles. The number of fused-ring (bicyclic) bond motifs is 1. The quantitative estimate of drug-likeness (QED) is 0.584. The Morgan fingerprint density at radius 1 is 1.24 bits per heavy atom. The molecule has 3 rings (SSSR count). The van der Waals surface area contributed by atoms with Gasteiger partial charge >= 0.3 is 0 Å². The number of nitrogens with one attached hydrogen (secondary N) is 1. The number of carbonyl (C=O) groups excluding carboxylic acids is 1. The van der Waals surface area contributed by atoms with Crippen LogP contribution in [0.1, 0.15) is 12.5 Å². The second-order valence-electron chi connectivity index (χ2n) is 6.74. The summed E-state index contributed by atoms with van der Waals surface area (Å²) in [5.74, 6) is 0.286. The Bertz CT molecular complexity index is 979. The summed E-state index contributed by atoms with van der Waals surface area (Å²) in [7, 11) is -2.10. The van der Waals surface area contributed by atoms with E-state index in [4.69, 9.17) is 9.47 Å². The Hall–Kier alpha value is -1.94. The van der Waals surface area contributed by atoms with E-state index >= 15 is 0 Å². The lowest BCUT2D eigenvalue weighted by Gasteiger charge is -2.22. The molecular weight excluding hydrogens is 460 g/mol. The largest absolute Gasteiger partial charge is 0.484 e. The third-order valence-electron chi connectivity index (χ3n) is 4.62. The van der Waals surface area contributed by atoms with E-state index in [1.165, 1.54) is 31.4 Å². The Kier molecular flexibility index (Phi) is 6.94. The molecule has 0 fully saturated rings. The fourth-order valence-electron chi connectivity index (χ4n) is 3.27. The first-order chi connectivity index (χ1) is 13.8. The minimum Gasteiger partial charge on any atom is -0.484 e. The number of anilines is 1. The minimum absolute atomic E-state index is 0.0566. The highest BCUT2D eigenvalue weighted by molar-refractivity contribution is 9.10. The number of halogens is 1. The fourth-order valence-corrected chi connectivity index (χ4v) is 4.69. The highest BCUT2D eigenvalue weighted by Crippen LogP contribution is 2.34. The molecule has 1 atom stereocenters. The predicted molar refractivity (Wildman–Crippen MR) is 114 cm³/mol. The van der Waals surface area contributed by atoms with E-state index in [0.717, 1.165) is 22.1 Å². The van der Waals surface area contributed by atoms with Gasteiger partial charge in [-0.2, -0.15) is 0 Å². The SMILES string of the molecule is COCCNS(=O)(=O)c1ccc(OCC(=O)N2c3ccc(Br)cc3C[C@H]2C)cc1. The minimum atomic E-state index is -3.60. The topological polar surface area (TPSA) is 84.9 Å². The Morgan fingerprint density at radius 3 is 2.66 bits per heavy atom. The van der Waals surface area contributed by atoms with Gasteiger partial charge in [0.25, 0.3) is 5.91 Å². The van der Waals surface area contributed by atoms with Crippen LogP contribution in [0.5, 0.6) is 5.75 Å². The average Bonchev–Trinajstić information content (AvgIpc) is 3.01. The molecule has 0 bridgehead atoms. The third kappa shape index (κ3) is 5.16. The van der Waals surface area contributed by atoms with Gasteiger partial charge in [-0.3, -0.25) is 4.79 Å². The van der Waals surface area contributed by atoms with E-state index in [1.807, 2.05) is 25.1 Å². The molecule has 29 heavy (non-hydrogen) atoms. The second kappa shape index (κ2) is 9.25. The molecule has 1 amide bonds. The molecule has 156 valence electrons. The van der Waals surface area contributed by atoms with Gasteiger partial charge in [-0.15, -0.1) is 0 Å². The van der Waals surface area contributed by atoms with E-state index < -0.39 is 10.0 Å². The number of benzene rings is 2. The van der Waals surface area contributed by atoms with E-state index in [9.17, 15) is 13.2 Å². The summed E-state index contributed by atoms with van der Waals surface area (Å²) in [5, 5.41) is 0. The number of methoxy groups -OCH3 is 1. The molecule has 0 unspecified atom stereocenters. The van der Waals surface area contributed by atoms with Crippen LogP contribution in [0, 0.1) is 0 Å². The molecule has 0 spiro atoms. The second-order valence-corrected chi connectivity index (χ2v) is 9.42. The van der Waals surface area contributed by atoms with Crippen molar-refractivity contribution in [1.29, 1.82) is 0 Å². The van der Waals surface area contributed by atoms with Crippen LogP contribution in [0.4, 0.5) is 5.69 Å². The summed E-state index contributed by atoms with van der Waals surface area (Å²) in [4.78, 5) is 14.6. The van der Waals surface area contributed by atoms with E-state index in [-0.39, 0.29) is 36.6 Å². The van der Waals surface area contributed by atoms with Crippen LogP contribution in [0.15, 0.2) is 51.8 Å². The third-order valence-corrected chi connectivity index (χ3v) is 6.59. The molecule has 0 saturated heterocycles. The lowest BCUT2D eigenvalue weighted by molar-refractivity contribution is -0.120. The maximum atomic E-state index is 12.7. The molecule has 0 aromatic heterocycles. The molecule has 1 aliphatic rings. The van der Waals surface area contributed by atoms with Crippen LogP contribution in [0.2, 0.25) is 0 Å². The summed E-state index contributed by atoms with van der Waals surface area (Å²) in [6, 6.07) is 11.9. The smallest absolute Gasteiger partial charge is 0.265 e. The lowest BCUT2D eigenvalue weighted by atomic mass is 10.1. The Morgan fingerprint density at radius 2 is 1.97 bits per heavy atom. The van der Waals surface area contributed by atoms with Crippen molar-refractivity contribution in [1.82, 2.24) is 4.72 Å². The number of sulfonamides is 1. The van der Waals surface area contributed by atoms with Gasteiger partial charge in [-0.1, -0.05) is 15.9 Å². The van der Waals surface area contributed by atoms with Gasteiger partial charge in [-0.05, 0) is 61.4 Å². The number of carbonyl (C=O) groups is 1. The summed E-state index contributed by atoms with van der Waals surface area (Å²) in [6.45, 7) is 2.36. The Labute approximate surface area is 179 Å². The van der Waals surface area contributed by atoms with Crippen molar-refractivity contribution < 1.29 is 22.7 Å². The van der Waals surface area contributed by atoms with Crippen LogP contribution >= 0.6 is 15.9 Å².